The lowest BCUT2D eigenvalue weighted by molar-refractivity contribution is 0.203. The molecule has 0 aliphatic rings. The minimum atomic E-state index is -0.868. The fourth-order valence-corrected chi connectivity index (χ4v) is 1.69. The van der Waals surface area contributed by atoms with Crippen molar-refractivity contribution in [3.05, 3.63) is 53.6 Å². The number of ether oxygens (including phenoxy) is 1. The number of pyridine rings is 2. The first-order valence-electron chi connectivity index (χ1n) is 5.32. The van der Waals surface area contributed by atoms with Crippen LogP contribution in [0.3, 0.4) is 0 Å². The normalized spacial score (nSPS) is 12.2. The molecule has 0 amide bonds. The fraction of sp³-hybridized carbons (Fsp3) is 0.231. The van der Waals surface area contributed by atoms with Crippen molar-refractivity contribution in [2.24, 2.45) is 0 Å². The Kier molecular flexibility index (Phi) is 3.35. The molecule has 0 bridgehead atoms. The van der Waals surface area contributed by atoms with E-state index in [2.05, 4.69) is 9.97 Å². The zero-order valence-electron chi connectivity index (χ0n) is 9.79. The molecule has 0 fully saturated rings. The molecule has 88 valence electrons. The lowest BCUT2D eigenvalue weighted by Crippen LogP contribution is -2.08. The van der Waals surface area contributed by atoms with Gasteiger partial charge in [-0.25, -0.2) is 0 Å². The molecule has 0 spiro atoms. The summed E-state index contributed by atoms with van der Waals surface area (Å²) in [4.78, 5) is 8.34. The SMILES string of the molecule is COc1cccnc1C(O)c1ncccc1C. The van der Waals surface area contributed by atoms with Crippen LogP contribution in [0.15, 0.2) is 36.7 Å². The standard InChI is InChI=1S/C13H14N2O2/c1-9-5-3-7-14-11(9)13(16)12-10(17-2)6-4-8-15-12/h3-8,13,16H,1-2H3. The monoisotopic (exact) mass is 230 g/mol. The van der Waals surface area contributed by atoms with Crippen LogP contribution in [0.25, 0.3) is 0 Å². The number of methoxy groups -OCH3 is 1. The van der Waals surface area contributed by atoms with Crippen LogP contribution in [0, 0.1) is 6.92 Å². The molecule has 1 N–H and O–H groups in total. The highest BCUT2D eigenvalue weighted by atomic mass is 16.5. The van der Waals surface area contributed by atoms with Gasteiger partial charge in [0.2, 0.25) is 0 Å². The summed E-state index contributed by atoms with van der Waals surface area (Å²) in [6, 6.07) is 7.27. The first kappa shape index (κ1) is 11.5. The lowest BCUT2D eigenvalue weighted by atomic mass is 10.1. The van der Waals surface area contributed by atoms with Crippen molar-refractivity contribution in [3.8, 4) is 5.75 Å². The maximum Gasteiger partial charge on any atom is 0.143 e. The van der Waals surface area contributed by atoms with E-state index in [9.17, 15) is 5.11 Å². The molecule has 2 aromatic rings. The van der Waals surface area contributed by atoms with Gasteiger partial charge in [-0.3, -0.25) is 9.97 Å². The van der Waals surface area contributed by atoms with Gasteiger partial charge in [-0.05, 0) is 30.7 Å². The topological polar surface area (TPSA) is 55.2 Å². The van der Waals surface area contributed by atoms with Gasteiger partial charge in [0, 0.05) is 12.4 Å². The maximum atomic E-state index is 10.3. The van der Waals surface area contributed by atoms with Gasteiger partial charge in [-0.2, -0.15) is 0 Å². The van der Waals surface area contributed by atoms with E-state index in [-0.39, 0.29) is 0 Å². The van der Waals surface area contributed by atoms with E-state index < -0.39 is 6.10 Å². The third-order valence-electron chi connectivity index (χ3n) is 2.59. The Balaban J connectivity index is 2.44. The zero-order valence-corrected chi connectivity index (χ0v) is 9.79. The molecule has 0 aliphatic heterocycles. The van der Waals surface area contributed by atoms with Crippen molar-refractivity contribution in [3.63, 3.8) is 0 Å². The van der Waals surface area contributed by atoms with Crippen LogP contribution in [0.1, 0.15) is 23.1 Å². The van der Waals surface area contributed by atoms with E-state index in [0.717, 1.165) is 5.56 Å². The molecular formula is C13H14N2O2. The van der Waals surface area contributed by atoms with E-state index in [0.29, 0.717) is 17.1 Å². The second-order valence-electron chi connectivity index (χ2n) is 3.70. The van der Waals surface area contributed by atoms with Gasteiger partial charge in [0.15, 0.2) is 0 Å². The van der Waals surface area contributed by atoms with E-state index >= 15 is 0 Å². The number of aromatic nitrogens is 2. The molecular weight excluding hydrogens is 216 g/mol. The molecule has 0 saturated carbocycles. The van der Waals surface area contributed by atoms with Crippen LogP contribution in [-0.2, 0) is 0 Å². The van der Waals surface area contributed by atoms with Crippen molar-refractivity contribution < 1.29 is 9.84 Å². The lowest BCUT2D eigenvalue weighted by Gasteiger charge is -2.14. The van der Waals surface area contributed by atoms with E-state index in [1.54, 1.807) is 31.6 Å². The summed E-state index contributed by atoms with van der Waals surface area (Å²) < 4.78 is 5.18. The molecule has 2 aromatic heterocycles. The Morgan fingerprint density at radius 1 is 1.12 bits per heavy atom. The highest BCUT2D eigenvalue weighted by Crippen LogP contribution is 2.27. The summed E-state index contributed by atoms with van der Waals surface area (Å²) in [6.07, 6.45) is 2.41. The molecule has 1 atom stereocenters. The molecule has 4 nitrogen and oxygen atoms in total. The molecule has 0 saturated heterocycles. The number of hydrogen-bond donors (Lipinski definition) is 1. The second kappa shape index (κ2) is 4.93. The predicted octanol–water partition coefficient (Wildman–Crippen LogP) is 1.88. The number of aliphatic hydroxyl groups excluding tert-OH is 1. The maximum absolute atomic E-state index is 10.3. The Hall–Kier alpha value is -1.94. The van der Waals surface area contributed by atoms with Gasteiger partial charge in [0.25, 0.3) is 0 Å². The van der Waals surface area contributed by atoms with E-state index in [4.69, 9.17) is 4.74 Å². The quantitative estimate of drug-likeness (QED) is 0.874. The van der Waals surface area contributed by atoms with Gasteiger partial charge < -0.3 is 9.84 Å². The summed E-state index contributed by atoms with van der Waals surface area (Å²) in [5.41, 5.74) is 2.01. The molecule has 1 unspecified atom stereocenters. The summed E-state index contributed by atoms with van der Waals surface area (Å²) in [6.45, 7) is 1.90. The smallest absolute Gasteiger partial charge is 0.143 e. The van der Waals surface area contributed by atoms with Crippen LogP contribution in [0.4, 0.5) is 0 Å². The van der Waals surface area contributed by atoms with Crippen molar-refractivity contribution in [1.29, 1.82) is 0 Å². The summed E-state index contributed by atoms with van der Waals surface area (Å²) >= 11 is 0. The average Bonchev–Trinajstić information content (AvgIpc) is 2.38. The molecule has 4 heteroatoms. The summed E-state index contributed by atoms with van der Waals surface area (Å²) in [5, 5.41) is 10.3. The van der Waals surface area contributed by atoms with Crippen LogP contribution in [0.5, 0.6) is 5.75 Å². The van der Waals surface area contributed by atoms with Gasteiger partial charge in [-0.15, -0.1) is 0 Å². The molecule has 17 heavy (non-hydrogen) atoms. The van der Waals surface area contributed by atoms with Crippen molar-refractivity contribution in [2.75, 3.05) is 7.11 Å². The average molecular weight is 230 g/mol. The highest BCUT2D eigenvalue weighted by Gasteiger charge is 2.19. The van der Waals surface area contributed by atoms with Crippen LogP contribution in [-0.4, -0.2) is 22.2 Å². The van der Waals surface area contributed by atoms with Crippen LogP contribution in [0.2, 0.25) is 0 Å². The van der Waals surface area contributed by atoms with Crippen molar-refractivity contribution in [2.45, 2.75) is 13.0 Å². The minimum Gasteiger partial charge on any atom is -0.495 e. The third kappa shape index (κ3) is 2.26. The first-order chi connectivity index (χ1) is 8.24. The van der Waals surface area contributed by atoms with Crippen molar-refractivity contribution in [1.82, 2.24) is 9.97 Å². The predicted molar refractivity (Wildman–Crippen MR) is 63.8 cm³/mol. The molecule has 0 aromatic carbocycles. The van der Waals surface area contributed by atoms with Crippen molar-refractivity contribution >= 4 is 0 Å². The van der Waals surface area contributed by atoms with Gasteiger partial charge in [0.05, 0.1) is 12.8 Å². The highest BCUT2D eigenvalue weighted by molar-refractivity contribution is 5.35. The number of aliphatic hydroxyl groups is 1. The Morgan fingerprint density at radius 3 is 2.41 bits per heavy atom. The third-order valence-corrected chi connectivity index (χ3v) is 2.59. The molecule has 2 rings (SSSR count). The number of aryl methyl sites for hydroxylation is 1. The zero-order chi connectivity index (χ0) is 12.3. The molecule has 2 heterocycles. The largest absolute Gasteiger partial charge is 0.495 e. The second-order valence-corrected chi connectivity index (χ2v) is 3.70. The Labute approximate surface area is 99.9 Å². The van der Waals surface area contributed by atoms with Gasteiger partial charge in [-0.1, -0.05) is 6.07 Å². The van der Waals surface area contributed by atoms with Crippen LogP contribution >= 0.6 is 0 Å². The Bertz CT molecular complexity index is 514. The summed E-state index contributed by atoms with van der Waals surface area (Å²) in [5.74, 6) is 0.560. The van der Waals surface area contributed by atoms with Gasteiger partial charge in [0.1, 0.15) is 17.5 Å². The number of nitrogens with zero attached hydrogens (tertiary/aromatic N) is 2. The number of rotatable bonds is 3. The van der Waals surface area contributed by atoms with Crippen LogP contribution < -0.4 is 4.74 Å². The first-order valence-corrected chi connectivity index (χ1v) is 5.32. The van der Waals surface area contributed by atoms with E-state index in [1.807, 2.05) is 19.1 Å². The molecule has 0 aliphatic carbocycles. The fourth-order valence-electron chi connectivity index (χ4n) is 1.69. The van der Waals surface area contributed by atoms with Gasteiger partial charge >= 0.3 is 0 Å². The minimum absolute atomic E-state index is 0.483. The Morgan fingerprint density at radius 2 is 1.76 bits per heavy atom. The van der Waals surface area contributed by atoms with E-state index in [1.165, 1.54) is 0 Å². The number of hydrogen-bond acceptors (Lipinski definition) is 4. The molecule has 0 radical (unpaired) electrons. The summed E-state index contributed by atoms with van der Waals surface area (Å²) in [7, 11) is 1.55.